The van der Waals surface area contributed by atoms with Crippen LogP contribution >= 0.6 is 6.72 Å². The van der Waals surface area contributed by atoms with Crippen molar-refractivity contribution in [1.29, 1.82) is 0 Å². The highest BCUT2D eigenvalue weighted by Gasteiger charge is 2.18. The van der Waals surface area contributed by atoms with Crippen molar-refractivity contribution in [2.75, 3.05) is 0 Å². The van der Waals surface area contributed by atoms with E-state index in [9.17, 15) is 0 Å². The highest BCUT2D eigenvalue weighted by Crippen LogP contribution is 2.31. The molecule has 0 heterocycles. The third-order valence-corrected chi connectivity index (χ3v) is 3.48. The molecule has 0 saturated heterocycles. The van der Waals surface area contributed by atoms with Gasteiger partial charge in [0, 0.05) is 5.56 Å². The third kappa shape index (κ3) is 3.95. The Labute approximate surface area is 74.5 Å². The van der Waals surface area contributed by atoms with Crippen LogP contribution in [0.4, 0.5) is 0 Å². The van der Waals surface area contributed by atoms with Crippen LogP contribution in [0.5, 0.6) is 0 Å². The molecular weight excluding hydrogens is 195 g/mol. The van der Waals surface area contributed by atoms with Gasteiger partial charge in [-0.1, -0.05) is 30.3 Å². The van der Waals surface area contributed by atoms with Gasteiger partial charge in [-0.25, -0.2) is 0 Å². The molecule has 3 N–H and O–H groups in total. The lowest BCUT2D eigenvalue weighted by Gasteiger charge is -1.89. The summed E-state index contributed by atoms with van der Waals surface area (Å²) in [7, 11) is 0.764. The van der Waals surface area contributed by atoms with Gasteiger partial charge in [-0.05, 0) is 0 Å². The normalized spacial score (nSPS) is 11.2. The van der Waals surface area contributed by atoms with Gasteiger partial charge in [0.1, 0.15) is 0 Å². The Morgan fingerprint density at radius 2 is 1.67 bits per heavy atom. The topological polar surface area (TPSA) is 60.7 Å². The summed E-state index contributed by atoms with van der Waals surface area (Å²) in [6.45, 7) is -3.66. The summed E-state index contributed by atoms with van der Waals surface area (Å²) in [5.41, 5.74) is 0.962. The summed E-state index contributed by atoms with van der Waals surface area (Å²) in [5, 5.41) is 0. The van der Waals surface area contributed by atoms with Crippen LogP contribution in [0.1, 0.15) is 5.56 Å². The summed E-state index contributed by atoms with van der Waals surface area (Å²) < 4.78 is 0. The van der Waals surface area contributed by atoms with Crippen LogP contribution in [0.25, 0.3) is 0 Å². The zero-order chi connectivity index (χ0) is 9.03. The van der Waals surface area contributed by atoms with Crippen LogP contribution in [0.2, 0.25) is 0 Å². The van der Waals surface area contributed by atoms with Gasteiger partial charge in [-0.2, -0.15) is 0 Å². The lowest BCUT2D eigenvalue weighted by Crippen LogP contribution is -1.83. The summed E-state index contributed by atoms with van der Waals surface area (Å²) in [6, 6.07) is 9.34. The van der Waals surface area contributed by atoms with E-state index in [-0.39, 0.29) is 0 Å². The van der Waals surface area contributed by atoms with Crippen LogP contribution in [0.3, 0.4) is 0 Å². The molecule has 0 unspecified atom stereocenters. The highest BCUT2D eigenvalue weighted by molar-refractivity contribution is 8.16. The van der Waals surface area contributed by atoms with Gasteiger partial charge in [-0.15, -0.1) is 0 Å². The van der Waals surface area contributed by atoms with E-state index in [0.717, 1.165) is 16.5 Å². The first-order valence-electron chi connectivity index (χ1n) is 3.34. The van der Waals surface area contributed by atoms with E-state index in [1.807, 2.05) is 30.3 Å². The predicted molar refractivity (Wildman–Crippen MR) is 51.1 cm³/mol. The largest absolute Gasteiger partial charge is 0.515 e. The molecule has 0 aliphatic carbocycles. The van der Waals surface area contributed by atoms with E-state index in [1.165, 1.54) is 0 Å². The van der Waals surface area contributed by atoms with Crippen molar-refractivity contribution in [3.05, 3.63) is 35.9 Å². The standard InChI is InChI=1S/C7H10O3PS/c8-11(9,10)12-6-7-4-2-1-3-5-7/h1-5,8-10H,6H2/q+1. The Morgan fingerprint density at radius 1 is 1.08 bits per heavy atom. The Balaban J connectivity index is 2.67. The maximum absolute atomic E-state index is 8.66. The SMILES string of the molecule is OP(O)(O)=[S+]Cc1ccccc1. The maximum Gasteiger partial charge on any atom is 0.515 e. The van der Waals surface area contributed by atoms with Gasteiger partial charge in [0.25, 0.3) is 0 Å². The molecule has 0 aliphatic heterocycles. The fraction of sp³-hybridized carbons (Fsp3) is 0.143. The van der Waals surface area contributed by atoms with Crippen molar-refractivity contribution < 1.29 is 14.7 Å². The van der Waals surface area contributed by atoms with E-state index in [0.29, 0.717) is 5.75 Å². The maximum atomic E-state index is 8.66. The molecule has 0 aliphatic rings. The van der Waals surface area contributed by atoms with Crippen LogP contribution in [-0.4, -0.2) is 14.7 Å². The molecule has 12 heavy (non-hydrogen) atoms. The Morgan fingerprint density at radius 3 is 2.17 bits per heavy atom. The average molecular weight is 205 g/mol. The van der Waals surface area contributed by atoms with Crippen LogP contribution < -0.4 is 0 Å². The van der Waals surface area contributed by atoms with Crippen molar-refractivity contribution in [3.63, 3.8) is 0 Å². The molecule has 0 fully saturated rings. The minimum Gasteiger partial charge on any atom is -0.290 e. The van der Waals surface area contributed by atoms with Gasteiger partial charge in [-0.3, -0.25) is 14.7 Å². The van der Waals surface area contributed by atoms with Crippen molar-refractivity contribution in [2.45, 2.75) is 5.75 Å². The molecule has 0 bridgehead atoms. The van der Waals surface area contributed by atoms with Crippen molar-refractivity contribution in [1.82, 2.24) is 0 Å². The van der Waals surface area contributed by atoms with E-state index in [4.69, 9.17) is 14.7 Å². The fourth-order valence-corrected chi connectivity index (χ4v) is 2.22. The van der Waals surface area contributed by atoms with Crippen LogP contribution in [0.15, 0.2) is 30.3 Å². The second kappa shape index (κ2) is 4.12. The van der Waals surface area contributed by atoms with Gasteiger partial charge >= 0.3 is 6.72 Å². The first kappa shape index (κ1) is 9.84. The molecule has 1 aromatic carbocycles. The second-order valence-corrected chi connectivity index (χ2v) is 6.09. The third-order valence-electron chi connectivity index (χ3n) is 1.25. The van der Waals surface area contributed by atoms with E-state index in [1.54, 1.807) is 0 Å². The monoisotopic (exact) mass is 205 g/mol. The molecule has 1 aromatic rings. The fourth-order valence-electron chi connectivity index (χ4n) is 0.735. The molecule has 1 rings (SSSR count). The van der Waals surface area contributed by atoms with Gasteiger partial charge in [0.2, 0.25) is 16.7 Å². The van der Waals surface area contributed by atoms with E-state index in [2.05, 4.69) is 0 Å². The smallest absolute Gasteiger partial charge is 0.290 e. The second-order valence-electron chi connectivity index (χ2n) is 2.27. The summed E-state index contributed by atoms with van der Waals surface area (Å²) in [6.07, 6.45) is 0. The minimum absolute atomic E-state index is 0.415. The molecule has 0 spiro atoms. The molecule has 3 nitrogen and oxygen atoms in total. The number of hydrogen-bond donors (Lipinski definition) is 3. The van der Waals surface area contributed by atoms with E-state index >= 15 is 0 Å². The predicted octanol–water partition coefficient (Wildman–Crippen LogP) is 0.924. The Kier molecular flexibility index (Phi) is 3.38. The molecule has 0 aromatic heterocycles. The van der Waals surface area contributed by atoms with Crippen molar-refractivity contribution in [2.24, 2.45) is 0 Å². The van der Waals surface area contributed by atoms with Gasteiger partial charge in [0.05, 0.1) is 0 Å². The van der Waals surface area contributed by atoms with E-state index < -0.39 is 6.72 Å². The molecule has 0 amide bonds. The molecule has 5 heteroatoms. The molecule has 0 saturated carbocycles. The molecule has 66 valence electrons. The van der Waals surface area contributed by atoms with Crippen molar-refractivity contribution >= 4 is 17.7 Å². The number of benzene rings is 1. The lowest BCUT2D eigenvalue weighted by molar-refractivity contribution is 0.363. The highest BCUT2D eigenvalue weighted by atomic mass is 32.5. The number of rotatable bonds is 2. The summed E-state index contributed by atoms with van der Waals surface area (Å²) in [4.78, 5) is 26.0. The average Bonchev–Trinajstić information content (AvgIpc) is 2.02. The van der Waals surface area contributed by atoms with Gasteiger partial charge < -0.3 is 0 Å². The Bertz CT molecular complexity index is 285. The summed E-state index contributed by atoms with van der Waals surface area (Å²) in [5.74, 6) is 0.415. The van der Waals surface area contributed by atoms with Crippen LogP contribution in [-0.2, 0) is 16.7 Å². The summed E-state index contributed by atoms with van der Waals surface area (Å²) >= 11 is 0. The molecule has 0 radical (unpaired) electrons. The van der Waals surface area contributed by atoms with Crippen molar-refractivity contribution in [3.8, 4) is 0 Å². The number of hydrogen-bond acceptors (Lipinski definition) is 0. The zero-order valence-corrected chi connectivity index (χ0v) is 8.00. The first-order chi connectivity index (χ1) is 5.58. The van der Waals surface area contributed by atoms with Crippen LogP contribution in [0, 0.1) is 0 Å². The first-order valence-corrected chi connectivity index (χ1v) is 6.57. The quantitative estimate of drug-likeness (QED) is 0.497. The molecule has 0 atom stereocenters. The Hall–Kier alpha value is -0.250. The molecular formula is C7H10O3PS+. The lowest BCUT2D eigenvalue weighted by atomic mass is 10.2. The minimum atomic E-state index is -3.66. The zero-order valence-electron chi connectivity index (χ0n) is 6.29. The van der Waals surface area contributed by atoms with Gasteiger partial charge in [0.15, 0.2) is 0 Å².